The van der Waals surface area contributed by atoms with Gasteiger partial charge in [0.2, 0.25) is 0 Å². The second kappa shape index (κ2) is 6.97. The van der Waals surface area contributed by atoms with Gasteiger partial charge in [0.1, 0.15) is 5.56 Å². The van der Waals surface area contributed by atoms with Crippen LogP contribution in [0.4, 0.5) is 0 Å². The number of H-pyrrole nitrogens is 1. The fraction of sp³-hybridized carbons (Fsp3) is 0.125. The van der Waals surface area contributed by atoms with E-state index >= 15 is 0 Å². The van der Waals surface area contributed by atoms with Crippen LogP contribution in [0.1, 0.15) is 15.2 Å². The number of amides is 1. The number of hydrogen-bond donors (Lipinski definition) is 2. The maximum atomic E-state index is 12.2. The first-order valence-electron chi connectivity index (χ1n) is 7.05. The van der Waals surface area contributed by atoms with Gasteiger partial charge in [0.15, 0.2) is 0 Å². The van der Waals surface area contributed by atoms with Gasteiger partial charge in [-0.1, -0.05) is 6.07 Å². The van der Waals surface area contributed by atoms with Crippen molar-refractivity contribution in [1.82, 2.24) is 20.5 Å². The van der Waals surface area contributed by atoms with Crippen LogP contribution in [0, 0.1) is 0 Å². The molecule has 0 bridgehead atoms. The van der Waals surface area contributed by atoms with Crippen molar-refractivity contribution in [3.05, 3.63) is 68.9 Å². The lowest BCUT2D eigenvalue weighted by molar-refractivity contribution is 0.0952. The van der Waals surface area contributed by atoms with Crippen LogP contribution in [-0.2, 0) is 6.42 Å². The lowest BCUT2D eigenvalue weighted by Gasteiger charge is -2.05. The third-order valence-electron chi connectivity index (χ3n) is 3.26. The minimum atomic E-state index is -0.503. The Morgan fingerprint density at radius 3 is 2.83 bits per heavy atom. The van der Waals surface area contributed by atoms with Crippen LogP contribution in [-0.4, -0.2) is 27.6 Å². The monoisotopic (exact) mass is 326 g/mol. The minimum absolute atomic E-state index is 0.0537. The molecular formula is C16H14N4O2S. The summed E-state index contributed by atoms with van der Waals surface area (Å²) in [6, 6.07) is 9.00. The summed E-state index contributed by atoms with van der Waals surface area (Å²) >= 11 is 1.64. The van der Waals surface area contributed by atoms with Crippen LogP contribution in [0.2, 0.25) is 0 Å². The van der Waals surface area contributed by atoms with E-state index in [0.717, 1.165) is 12.0 Å². The highest BCUT2D eigenvalue weighted by atomic mass is 32.1. The maximum absolute atomic E-state index is 12.2. The average molecular weight is 326 g/mol. The molecule has 3 rings (SSSR count). The van der Waals surface area contributed by atoms with Crippen molar-refractivity contribution < 1.29 is 4.79 Å². The Kier molecular flexibility index (Phi) is 4.58. The number of carbonyl (C=O) groups is 1. The summed E-state index contributed by atoms with van der Waals surface area (Å²) in [6.45, 7) is 0.478. The van der Waals surface area contributed by atoms with Crippen molar-refractivity contribution in [1.29, 1.82) is 0 Å². The maximum Gasteiger partial charge on any atom is 0.277 e. The number of aromatic nitrogens is 3. The van der Waals surface area contributed by atoms with E-state index in [1.54, 1.807) is 35.9 Å². The molecule has 0 aliphatic heterocycles. The summed E-state index contributed by atoms with van der Waals surface area (Å²) in [5.74, 6) is -0.402. The van der Waals surface area contributed by atoms with Crippen LogP contribution < -0.4 is 10.9 Å². The zero-order valence-corrected chi connectivity index (χ0v) is 13.0. The van der Waals surface area contributed by atoms with E-state index in [2.05, 4.69) is 20.5 Å². The Bertz CT molecular complexity index is 844. The fourth-order valence-corrected chi connectivity index (χ4v) is 2.80. The number of nitrogens with one attached hydrogen (secondary N) is 2. The molecule has 0 saturated heterocycles. The molecule has 0 aromatic carbocycles. The van der Waals surface area contributed by atoms with Crippen LogP contribution in [0.3, 0.4) is 0 Å². The summed E-state index contributed by atoms with van der Waals surface area (Å²) in [5.41, 5.74) is 0.855. The summed E-state index contributed by atoms with van der Waals surface area (Å²) in [5, 5.41) is 11.1. The topological polar surface area (TPSA) is 87.7 Å². The van der Waals surface area contributed by atoms with Gasteiger partial charge >= 0.3 is 0 Å². The highest BCUT2D eigenvalue weighted by Crippen LogP contribution is 2.14. The number of pyridine rings is 1. The van der Waals surface area contributed by atoms with Crippen molar-refractivity contribution >= 4 is 17.2 Å². The Morgan fingerprint density at radius 2 is 2.09 bits per heavy atom. The van der Waals surface area contributed by atoms with Crippen molar-refractivity contribution in [3.63, 3.8) is 0 Å². The lowest BCUT2D eigenvalue weighted by Crippen LogP contribution is -2.31. The van der Waals surface area contributed by atoms with E-state index in [4.69, 9.17) is 0 Å². The van der Waals surface area contributed by atoms with Gasteiger partial charge < -0.3 is 5.32 Å². The number of nitrogens with zero attached hydrogens (tertiary/aromatic N) is 2. The smallest absolute Gasteiger partial charge is 0.277 e. The average Bonchev–Trinajstić information content (AvgIpc) is 3.09. The SMILES string of the molecule is O=C(NCCc1cccs1)c1cc(-c2ccncc2)n[nH]c1=O. The summed E-state index contributed by atoms with van der Waals surface area (Å²) in [7, 11) is 0. The first kappa shape index (κ1) is 15.1. The second-order valence-electron chi connectivity index (χ2n) is 4.82. The standard InChI is InChI=1S/C16H14N4O2S/c21-15(18-8-5-12-2-1-9-23-12)13-10-14(19-20-16(13)22)11-3-6-17-7-4-11/h1-4,6-7,9-10H,5,8H2,(H,18,21)(H,20,22). The summed E-state index contributed by atoms with van der Waals surface area (Å²) in [6.07, 6.45) is 4.00. The fourth-order valence-electron chi connectivity index (χ4n) is 2.09. The molecule has 0 atom stereocenters. The molecule has 1 amide bonds. The Labute approximate surface area is 136 Å². The van der Waals surface area contributed by atoms with Gasteiger partial charge in [-0.2, -0.15) is 5.10 Å². The third kappa shape index (κ3) is 3.70. The van der Waals surface area contributed by atoms with Crippen molar-refractivity contribution in [2.75, 3.05) is 6.54 Å². The summed E-state index contributed by atoms with van der Waals surface area (Å²) in [4.78, 5) is 29.2. The van der Waals surface area contributed by atoms with Crippen molar-refractivity contribution in [3.8, 4) is 11.3 Å². The molecule has 0 unspecified atom stereocenters. The van der Waals surface area contributed by atoms with E-state index in [1.165, 1.54) is 10.9 Å². The predicted molar refractivity (Wildman–Crippen MR) is 88.4 cm³/mol. The van der Waals surface area contributed by atoms with Gasteiger partial charge in [-0.15, -0.1) is 11.3 Å². The Morgan fingerprint density at radius 1 is 1.26 bits per heavy atom. The molecule has 2 N–H and O–H groups in total. The van der Waals surface area contributed by atoms with Gasteiger partial charge in [-0.25, -0.2) is 5.10 Å². The molecule has 0 fully saturated rings. The van der Waals surface area contributed by atoms with E-state index in [-0.39, 0.29) is 5.56 Å². The van der Waals surface area contributed by atoms with Crippen molar-refractivity contribution in [2.45, 2.75) is 6.42 Å². The van der Waals surface area contributed by atoms with E-state index in [1.807, 2.05) is 17.5 Å². The summed E-state index contributed by atoms with van der Waals surface area (Å²) < 4.78 is 0. The van der Waals surface area contributed by atoms with Crippen LogP contribution in [0.25, 0.3) is 11.3 Å². The van der Waals surface area contributed by atoms with E-state index in [0.29, 0.717) is 12.2 Å². The first-order valence-corrected chi connectivity index (χ1v) is 7.93. The molecule has 0 saturated carbocycles. The molecule has 116 valence electrons. The molecule has 6 nitrogen and oxygen atoms in total. The largest absolute Gasteiger partial charge is 0.351 e. The number of rotatable bonds is 5. The number of aromatic amines is 1. The van der Waals surface area contributed by atoms with Crippen LogP contribution >= 0.6 is 11.3 Å². The molecule has 3 heterocycles. The number of hydrogen-bond acceptors (Lipinski definition) is 5. The minimum Gasteiger partial charge on any atom is -0.351 e. The number of thiophene rings is 1. The number of carbonyl (C=O) groups excluding carboxylic acids is 1. The molecule has 0 radical (unpaired) electrons. The first-order chi connectivity index (χ1) is 11.2. The predicted octanol–water partition coefficient (Wildman–Crippen LogP) is 1.87. The molecule has 0 aliphatic rings. The molecule has 0 spiro atoms. The van der Waals surface area contributed by atoms with E-state index in [9.17, 15) is 9.59 Å². The van der Waals surface area contributed by atoms with Crippen LogP contribution in [0.5, 0.6) is 0 Å². The highest BCUT2D eigenvalue weighted by Gasteiger charge is 2.12. The van der Waals surface area contributed by atoms with Gasteiger partial charge in [0, 0.05) is 29.4 Å². The molecule has 0 aliphatic carbocycles. The van der Waals surface area contributed by atoms with Gasteiger partial charge in [0.25, 0.3) is 11.5 Å². The zero-order chi connectivity index (χ0) is 16.1. The van der Waals surface area contributed by atoms with Crippen molar-refractivity contribution in [2.24, 2.45) is 0 Å². The zero-order valence-electron chi connectivity index (χ0n) is 12.2. The highest BCUT2D eigenvalue weighted by molar-refractivity contribution is 7.09. The second-order valence-corrected chi connectivity index (χ2v) is 5.85. The molecule has 3 aromatic rings. The third-order valence-corrected chi connectivity index (χ3v) is 4.20. The molecule has 23 heavy (non-hydrogen) atoms. The van der Waals surface area contributed by atoms with Gasteiger partial charge in [-0.3, -0.25) is 14.6 Å². The normalized spacial score (nSPS) is 10.4. The van der Waals surface area contributed by atoms with Gasteiger partial charge in [-0.05, 0) is 36.1 Å². The van der Waals surface area contributed by atoms with Gasteiger partial charge in [0.05, 0.1) is 5.69 Å². The van der Waals surface area contributed by atoms with Crippen LogP contribution in [0.15, 0.2) is 52.9 Å². The lowest BCUT2D eigenvalue weighted by atomic mass is 10.1. The quantitative estimate of drug-likeness (QED) is 0.749. The molecule has 7 heteroatoms. The Hall–Kier alpha value is -2.80. The molecular weight excluding hydrogens is 312 g/mol. The van der Waals surface area contributed by atoms with E-state index < -0.39 is 11.5 Å². The Balaban J connectivity index is 1.73. The molecule has 3 aromatic heterocycles.